The Morgan fingerprint density at radius 3 is 2.35 bits per heavy atom. The van der Waals surface area contributed by atoms with Gasteiger partial charge in [-0.05, 0) is 205 Å². The molecule has 8 N–H and O–H groups in total. The molecule has 15 unspecified atom stereocenters. The van der Waals surface area contributed by atoms with Crippen LogP contribution in [-0.2, 0) is 33.4 Å². The molecule has 6 aromatic carbocycles. The summed E-state index contributed by atoms with van der Waals surface area (Å²) >= 11 is 0. The number of nitrogens with two attached hydrogens (primary N) is 2. The van der Waals surface area contributed by atoms with Gasteiger partial charge in [-0.2, -0.15) is 0 Å². The van der Waals surface area contributed by atoms with Crippen molar-refractivity contribution in [2.75, 3.05) is 6.61 Å². The number of hydrogen-bond donors (Lipinski definition) is 6. The van der Waals surface area contributed by atoms with E-state index in [0.29, 0.717) is 74.7 Å². The summed E-state index contributed by atoms with van der Waals surface area (Å²) in [5, 5.41) is 46.7. The largest absolute Gasteiger partial charge is 1.00 e. The Morgan fingerprint density at radius 1 is 0.819 bits per heavy atom. The van der Waals surface area contributed by atoms with Crippen LogP contribution in [0.25, 0.3) is 10.8 Å². The summed E-state index contributed by atoms with van der Waals surface area (Å²) in [6.07, 6.45) is 8.83. The average molecular weight is 1140 g/mol. The summed E-state index contributed by atoms with van der Waals surface area (Å²) in [5.74, 6) is 4.51. The molecule has 10 bridgehead atoms. The molecular formula is C69H74N3NaO9S. The number of aliphatic hydroxyl groups excluding tert-OH is 1. The second kappa shape index (κ2) is 23.0. The fourth-order valence-corrected chi connectivity index (χ4v) is 17.9. The van der Waals surface area contributed by atoms with Crippen LogP contribution in [-0.4, -0.2) is 62.9 Å². The number of phenols is 2. The maximum Gasteiger partial charge on any atom is 1.00 e. The van der Waals surface area contributed by atoms with Crippen LogP contribution in [0.5, 0.6) is 17.2 Å². The number of aliphatic hydroxyl groups is 2. The second-order valence-corrected chi connectivity index (χ2v) is 27.0. The van der Waals surface area contributed by atoms with Crippen molar-refractivity contribution in [2.24, 2.45) is 57.9 Å². The molecule has 15 rings (SSSR count). The summed E-state index contributed by atoms with van der Waals surface area (Å²) in [7, 11) is -4.96. The molecule has 5 aliphatic heterocycles. The Hall–Kier alpha value is -5.66. The van der Waals surface area contributed by atoms with Gasteiger partial charge in [-0.1, -0.05) is 116 Å². The third kappa shape index (κ3) is 10.9. The van der Waals surface area contributed by atoms with E-state index in [1.165, 1.54) is 0 Å². The van der Waals surface area contributed by atoms with E-state index in [1.807, 2.05) is 48.5 Å². The summed E-state index contributed by atoms with van der Waals surface area (Å²) in [6.45, 7) is 2.07. The monoisotopic (exact) mass is 1140 g/mol. The van der Waals surface area contributed by atoms with Crippen molar-refractivity contribution in [2.45, 2.75) is 137 Å². The molecule has 426 valence electrons. The van der Waals surface area contributed by atoms with Crippen molar-refractivity contribution in [3.63, 3.8) is 0 Å². The number of phenolic OH excluding ortho intramolecular Hbond substituents is 2. The van der Waals surface area contributed by atoms with Crippen LogP contribution in [0, 0.1) is 53.3 Å². The Bertz CT molecular complexity index is 3660. The Balaban J connectivity index is 0.00000680. The molecule has 0 spiro atoms. The third-order valence-electron chi connectivity index (χ3n) is 20.7. The van der Waals surface area contributed by atoms with Gasteiger partial charge < -0.3 is 45.9 Å². The molecule has 0 radical (unpaired) electrons. The van der Waals surface area contributed by atoms with Gasteiger partial charge in [0.15, 0.2) is 5.96 Å². The number of nitrogens with zero attached hydrogens (tertiary/aromatic N) is 1. The molecule has 0 aromatic heterocycles. The third-order valence-corrected chi connectivity index (χ3v) is 21.9. The Labute approximate surface area is 509 Å². The number of fused-ring (bicyclic) bond motifs is 11. The van der Waals surface area contributed by atoms with Crippen LogP contribution in [0.1, 0.15) is 146 Å². The summed E-state index contributed by atoms with van der Waals surface area (Å²) in [6, 6.07) is 41.5. The molecule has 83 heavy (non-hydrogen) atoms. The summed E-state index contributed by atoms with van der Waals surface area (Å²) in [4.78, 5) is 5.32. The molecule has 15 atom stereocenters. The van der Waals surface area contributed by atoms with E-state index in [1.54, 1.807) is 24.3 Å². The first-order valence-electron chi connectivity index (χ1n) is 29.8. The maximum absolute atomic E-state index is 14.4. The van der Waals surface area contributed by atoms with Crippen LogP contribution in [0.3, 0.4) is 0 Å². The first-order valence-corrected chi connectivity index (χ1v) is 31.3. The smallest absolute Gasteiger partial charge is 0.748 e. The number of hydrogen-bond acceptors (Lipinski definition) is 10. The first kappa shape index (κ1) is 57.8. The van der Waals surface area contributed by atoms with Crippen molar-refractivity contribution in [3.05, 3.63) is 184 Å². The van der Waals surface area contributed by atoms with E-state index in [9.17, 15) is 33.4 Å². The van der Waals surface area contributed by atoms with E-state index in [-0.39, 0.29) is 102 Å². The van der Waals surface area contributed by atoms with E-state index >= 15 is 0 Å². The Kier molecular flexibility index (Phi) is 16.0. The minimum absolute atomic E-state index is 0. The molecule has 0 amide bonds. The normalized spacial score (nSPS) is 32.6. The molecule has 2 saturated carbocycles. The Morgan fingerprint density at radius 2 is 1.57 bits per heavy atom. The number of benzene rings is 6. The first-order chi connectivity index (χ1) is 39.5. The number of aromatic hydroxyl groups is 2. The van der Waals surface area contributed by atoms with Gasteiger partial charge in [0.2, 0.25) is 5.72 Å². The number of aliphatic imine (C=N–C) groups is 1. The van der Waals surface area contributed by atoms with Gasteiger partial charge in [-0.15, -0.1) is 0 Å². The van der Waals surface area contributed by atoms with Gasteiger partial charge in [-0.25, -0.2) is 13.4 Å². The van der Waals surface area contributed by atoms with Crippen LogP contribution >= 0.6 is 0 Å². The number of aryl methyl sites for hydroxylation is 1. The van der Waals surface area contributed by atoms with E-state index < -0.39 is 56.5 Å². The van der Waals surface area contributed by atoms with Crippen molar-refractivity contribution in [1.82, 2.24) is 0 Å². The quantitative estimate of drug-likeness (QED) is 0.0223. The fourth-order valence-electron chi connectivity index (χ4n) is 16.9. The molecule has 4 aliphatic carbocycles. The summed E-state index contributed by atoms with van der Waals surface area (Å²) in [5.41, 5.74) is 18.6. The van der Waals surface area contributed by atoms with Gasteiger partial charge in [-0.3, -0.25) is 0 Å². The van der Waals surface area contributed by atoms with Crippen molar-refractivity contribution in [3.8, 4) is 29.1 Å². The van der Waals surface area contributed by atoms with E-state index in [2.05, 4.69) is 79.4 Å². The van der Waals surface area contributed by atoms with Crippen LogP contribution in [0.15, 0.2) is 144 Å². The van der Waals surface area contributed by atoms with Crippen molar-refractivity contribution in [1.29, 1.82) is 0 Å². The molecule has 12 nitrogen and oxygen atoms in total. The zero-order chi connectivity index (χ0) is 56.7. The minimum atomic E-state index is -4.96. The molecule has 9 aliphatic rings. The fraction of sp³-hybridized carbons (Fsp3) is 0.435. The topological polar surface area (TPSA) is 221 Å². The molecular weight excluding hydrogens is 1070 g/mol. The maximum atomic E-state index is 14.4. The number of ether oxygens (including phenoxy) is 2. The van der Waals surface area contributed by atoms with Crippen molar-refractivity contribution >= 4 is 26.9 Å². The molecule has 6 aromatic rings. The molecule has 3 fully saturated rings. The standard InChI is InChI=1S/C69H75N3O9S.Na/c1-40-10-11-47-34-56-24-26-58(47)60(40)37-64(82(77,78)79)61-36-51-31-50(35-57-28-42(39-73)8-5-9-46-32-55(75)23-25-59(46)66(51)80-57)65(61)44-14-19-53(20-15-44)69(81-56,72-67(70)71)62-27-21-52-18-16-48(45-13-12-43-17-22-54(74)33-49(43)30-45)38-68(52,76)63(62)29-41-6-3-2-4-7-41;/h2-4,6-7,12-15,17,19-20,22-26,30,32-34,36,40,42,48,50,52,57,60-66,73-76H,8,10-11,16,18,21,27-29,31,35,37-39H2,1H3,(H4,70,71,72)(H,77,78,79);/q;+1/p-1. The van der Waals surface area contributed by atoms with E-state index in [4.69, 9.17) is 25.9 Å². The van der Waals surface area contributed by atoms with Crippen LogP contribution in [0.2, 0.25) is 0 Å². The predicted octanol–water partition coefficient (Wildman–Crippen LogP) is 8.26. The zero-order valence-corrected chi connectivity index (χ0v) is 50.3. The van der Waals surface area contributed by atoms with E-state index in [0.717, 1.165) is 69.0 Å². The van der Waals surface area contributed by atoms with Gasteiger partial charge in [0.1, 0.15) is 23.4 Å². The molecule has 14 heteroatoms. The SMILES string of the molecule is CC1CCc2cc3ccc2C1CC(S(=O)(=O)[O-])C1C=C2CC(CC4CC(CO)CC#Cc5cc(O)ccc5C2O4)C1c1ccc(cc1)C(N=C(N)N)(C1CCC2CCC(c4ccc5ccc(O)cc5c4)CC2(O)C1Cc1ccccc1)O3.[Na+]. The minimum Gasteiger partial charge on any atom is -0.748 e. The molecule has 5 heterocycles. The molecule has 1 saturated heterocycles. The number of allylic oxidation sites excluding steroid dienone is 1. The number of rotatable bonds is 7. The van der Waals surface area contributed by atoms with Gasteiger partial charge in [0.05, 0.1) is 27.1 Å². The predicted molar refractivity (Wildman–Crippen MR) is 316 cm³/mol. The average Bonchev–Trinajstić information content (AvgIpc) is 3.66. The van der Waals surface area contributed by atoms with Crippen LogP contribution in [0.4, 0.5) is 0 Å². The van der Waals surface area contributed by atoms with Gasteiger partial charge >= 0.3 is 29.6 Å². The number of guanidine groups is 1. The van der Waals surface area contributed by atoms with Crippen molar-refractivity contribution < 1.29 is 72.4 Å². The second-order valence-electron chi connectivity index (χ2n) is 25.4. The van der Waals surface area contributed by atoms with Gasteiger partial charge in [0.25, 0.3) is 0 Å². The summed E-state index contributed by atoms with van der Waals surface area (Å²) < 4.78 is 58.1. The van der Waals surface area contributed by atoms with Gasteiger partial charge in [0, 0.05) is 41.6 Å². The van der Waals surface area contributed by atoms with Crippen LogP contribution < -0.4 is 45.8 Å². The zero-order valence-electron chi connectivity index (χ0n) is 47.4.